The Hall–Kier alpha value is -0.930. The number of hydrogen-bond acceptors (Lipinski definition) is 3. The Morgan fingerprint density at radius 1 is 1.05 bits per heavy atom. The summed E-state index contributed by atoms with van der Waals surface area (Å²) in [6, 6.07) is 3.88. The Kier molecular flexibility index (Phi) is 6.63. The summed E-state index contributed by atoms with van der Waals surface area (Å²) < 4.78 is 10.6. The molecule has 0 aliphatic rings. The molecule has 1 N–H and O–H groups in total. The van der Waals surface area contributed by atoms with Crippen molar-refractivity contribution in [3.8, 4) is 11.5 Å². The van der Waals surface area contributed by atoms with E-state index in [-0.39, 0.29) is 5.54 Å². The predicted octanol–water partition coefficient (Wildman–Crippen LogP) is 4.42. The Bertz CT molecular complexity index is 422. The molecule has 0 saturated carbocycles. The molecule has 0 aromatic heterocycles. The number of methoxy groups -OCH3 is 2. The monoisotopic (exact) mass is 299 g/mol. The molecule has 0 amide bonds. The van der Waals surface area contributed by atoms with Crippen LogP contribution in [-0.4, -0.2) is 19.8 Å². The van der Waals surface area contributed by atoms with E-state index in [0.717, 1.165) is 31.4 Å². The van der Waals surface area contributed by atoms with Gasteiger partial charge in [0.25, 0.3) is 0 Å². The first kappa shape index (κ1) is 17.1. The highest BCUT2D eigenvalue weighted by Gasteiger charge is 2.23. The summed E-state index contributed by atoms with van der Waals surface area (Å²) in [5, 5.41) is 4.27. The third-order valence-corrected chi connectivity index (χ3v) is 4.66. The van der Waals surface area contributed by atoms with Crippen molar-refractivity contribution in [2.45, 2.75) is 52.1 Å². The van der Waals surface area contributed by atoms with E-state index in [1.165, 1.54) is 0 Å². The quantitative estimate of drug-likeness (QED) is 0.771. The van der Waals surface area contributed by atoms with Gasteiger partial charge in [0.05, 0.1) is 19.2 Å². The van der Waals surface area contributed by atoms with E-state index in [9.17, 15) is 0 Å². The van der Waals surface area contributed by atoms with Crippen LogP contribution in [0.5, 0.6) is 11.5 Å². The average Bonchev–Trinajstić information content (AvgIpc) is 2.50. The van der Waals surface area contributed by atoms with Gasteiger partial charge in [-0.3, -0.25) is 0 Å². The van der Waals surface area contributed by atoms with Crippen molar-refractivity contribution in [1.82, 2.24) is 5.32 Å². The van der Waals surface area contributed by atoms with Gasteiger partial charge in [0.15, 0.2) is 11.5 Å². The van der Waals surface area contributed by atoms with Crippen LogP contribution in [0.25, 0.3) is 0 Å². The maximum absolute atomic E-state index is 6.41. The van der Waals surface area contributed by atoms with Crippen LogP contribution >= 0.6 is 11.6 Å². The van der Waals surface area contributed by atoms with Crippen LogP contribution in [0.3, 0.4) is 0 Å². The third kappa shape index (κ3) is 3.58. The summed E-state index contributed by atoms with van der Waals surface area (Å²) in [7, 11) is 3.22. The molecule has 0 bridgehead atoms. The van der Waals surface area contributed by atoms with Crippen molar-refractivity contribution in [3.05, 3.63) is 22.7 Å². The van der Waals surface area contributed by atoms with Crippen LogP contribution in [-0.2, 0) is 6.54 Å². The van der Waals surface area contributed by atoms with Gasteiger partial charge in [0, 0.05) is 12.1 Å². The van der Waals surface area contributed by atoms with E-state index in [1.54, 1.807) is 14.2 Å². The predicted molar refractivity (Wildman–Crippen MR) is 85.0 cm³/mol. The normalized spacial score (nSPS) is 11.5. The fourth-order valence-electron chi connectivity index (χ4n) is 2.47. The van der Waals surface area contributed by atoms with Gasteiger partial charge in [-0.2, -0.15) is 0 Å². The molecule has 0 spiro atoms. The Morgan fingerprint density at radius 3 is 2.10 bits per heavy atom. The fraction of sp³-hybridized carbons (Fsp3) is 0.625. The average molecular weight is 300 g/mol. The zero-order valence-electron chi connectivity index (χ0n) is 13.2. The highest BCUT2D eigenvalue weighted by molar-refractivity contribution is 6.33. The van der Waals surface area contributed by atoms with Crippen LogP contribution in [0.15, 0.2) is 12.1 Å². The summed E-state index contributed by atoms with van der Waals surface area (Å²) in [5.74, 6) is 1.26. The van der Waals surface area contributed by atoms with Gasteiger partial charge < -0.3 is 14.8 Å². The second-order valence-corrected chi connectivity index (χ2v) is 5.35. The number of halogens is 1. The molecule has 20 heavy (non-hydrogen) atoms. The third-order valence-electron chi connectivity index (χ3n) is 4.25. The molecule has 1 aromatic rings. The van der Waals surface area contributed by atoms with Gasteiger partial charge in [0.2, 0.25) is 0 Å². The Balaban J connectivity index is 2.94. The lowest BCUT2D eigenvalue weighted by atomic mass is 9.89. The molecular weight excluding hydrogens is 274 g/mol. The van der Waals surface area contributed by atoms with Crippen LogP contribution in [0.1, 0.15) is 45.6 Å². The minimum absolute atomic E-state index is 0.177. The van der Waals surface area contributed by atoms with Gasteiger partial charge in [0.1, 0.15) is 0 Å². The standard InChI is InChI=1S/C16H26ClNO2/c1-6-16(7-2,8-3)18-11-12-9-10-13(19-4)15(20-5)14(12)17/h9-10,18H,6-8,11H2,1-5H3. The van der Waals surface area contributed by atoms with E-state index >= 15 is 0 Å². The van der Waals surface area contributed by atoms with E-state index in [2.05, 4.69) is 26.1 Å². The summed E-state index contributed by atoms with van der Waals surface area (Å²) in [6.45, 7) is 7.39. The fourth-order valence-corrected chi connectivity index (χ4v) is 2.77. The lowest BCUT2D eigenvalue weighted by Gasteiger charge is -2.32. The number of benzene rings is 1. The SMILES string of the molecule is CCC(CC)(CC)NCc1ccc(OC)c(OC)c1Cl. The van der Waals surface area contributed by atoms with Crippen molar-refractivity contribution >= 4 is 11.6 Å². The maximum atomic E-state index is 6.41. The lowest BCUT2D eigenvalue weighted by Crippen LogP contribution is -2.43. The van der Waals surface area contributed by atoms with Gasteiger partial charge in [-0.25, -0.2) is 0 Å². The summed E-state index contributed by atoms with van der Waals surface area (Å²) in [6.07, 6.45) is 3.31. The van der Waals surface area contributed by atoms with Crippen LogP contribution in [0.4, 0.5) is 0 Å². The van der Waals surface area contributed by atoms with Gasteiger partial charge >= 0.3 is 0 Å². The number of ether oxygens (including phenoxy) is 2. The molecule has 0 aliphatic heterocycles. The van der Waals surface area contributed by atoms with Crippen LogP contribution in [0.2, 0.25) is 5.02 Å². The van der Waals surface area contributed by atoms with E-state index in [0.29, 0.717) is 16.5 Å². The molecule has 0 fully saturated rings. The zero-order valence-corrected chi connectivity index (χ0v) is 13.9. The molecule has 4 heteroatoms. The highest BCUT2D eigenvalue weighted by Crippen LogP contribution is 2.37. The number of rotatable bonds is 8. The summed E-state index contributed by atoms with van der Waals surface area (Å²) in [5.41, 5.74) is 1.21. The van der Waals surface area contributed by atoms with E-state index < -0.39 is 0 Å². The van der Waals surface area contributed by atoms with Gasteiger partial charge in [-0.1, -0.05) is 38.4 Å². The first-order chi connectivity index (χ1) is 9.57. The smallest absolute Gasteiger partial charge is 0.179 e. The Labute approximate surface area is 127 Å². The van der Waals surface area contributed by atoms with Crippen LogP contribution < -0.4 is 14.8 Å². The van der Waals surface area contributed by atoms with Crippen molar-refractivity contribution in [2.24, 2.45) is 0 Å². The molecule has 0 unspecified atom stereocenters. The summed E-state index contributed by atoms with van der Waals surface area (Å²) in [4.78, 5) is 0. The summed E-state index contributed by atoms with van der Waals surface area (Å²) >= 11 is 6.41. The van der Waals surface area contributed by atoms with Crippen molar-refractivity contribution in [1.29, 1.82) is 0 Å². The van der Waals surface area contributed by atoms with Gasteiger partial charge in [-0.15, -0.1) is 0 Å². The van der Waals surface area contributed by atoms with Crippen molar-refractivity contribution in [3.63, 3.8) is 0 Å². The molecule has 0 atom stereocenters. The largest absolute Gasteiger partial charge is 0.493 e. The minimum Gasteiger partial charge on any atom is -0.493 e. The second kappa shape index (κ2) is 7.75. The molecule has 0 heterocycles. The molecule has 3 nitrogen and oxygen atoms in total. The topological polar surface area (TPSA) is 30.5 Å². The highest BCUT2D eigenvalue weighted by atomic mass is 35.5. The molecule has 0 aliphatic carbocycles. The molecule has 1 rings (SSSR count). The molecule has 1 aromatic carbocycles. The molecule has 0 radical (unpaired) electrons. The van der Waals surface area contributed by atoms with E-state index in [4.69, 9.17) is 21.1 Å². The molecule has 0 saturated heterocycles. The molecule has 114 valence electrons. The van der Waals surface area contributed by atoms with Crippen LogP contribution in [0, 0.1) is 0 Å². The first-order valence-corrected chi connectivity index (χ1v) is 7.59. The minimum atomic E-state index is 0.177. The number of nitrogens with one attached hydrogen (secondary N) is 1. The first-order valence-electron chi connectivity index (χ1n) is 7.21. The van der Waals surface area contributed by atoms with Crippen molar-refractivity contribution < 1.29 is 9.47 Å². The Morgan fingerprint density at radius 2 is 1.65 bits per heavy atom. The number of hydrogen-bond donors (Lipinski definition) is 1. The second-order valence-electron chi connectivity index (χ2n) is 4.97. The van der Waals surface area contributed by atoms with Gasteiger partial charge in [-0.05, 0) is 30.9 Å². The maximum Gasteiger partial charge on any atom is 0.179 e. The lowest BCUT2D eigenvalue weighted by molar-refractivity contribution is 0.287. The molecular formula is C16H26ClNO2. The van der Waals surface area contributed by atoms with Crippen molar-refractivity contribution in [2.75, 3.05) is 14.2 Å². The van der Waals surface area contributed by atoms with E-state index in [1.807, 2.05) is 12.1 Å². The zero-order chi connectivity index (χ0) is 15.2.